The predicted molar refractivity (Wildman–Crippen MR) is 106 cm³/mol. The Hall–Kier alpha value is -2.20. The third-order valence-electron chi connectivity index (χ3n) is 4.08. The van der Waals surface area contributed by atoms with E-state index in [2.05, 4.69) is 53.6 Å². The molecule has 0 atom stereocenters. The molecule has 0 unspecified atom stereocenters. The Morgan fingerprint density at radius 2 is 1.64 bits per heavy atom. The summed E-state index contributed by atoms with van der Waals surface area (Å²) in [6, 6.07) is 15.8. The Kier molecular flexibility index (Phi) is 7.61. The number of benzene rings is 2. The lowest BCUT2D eigenvalue weighted by molar-refractivity contribution is -0.121. The van der Waals surface area contributed by atoms with E-state index in [1.165, 1.54) is 5.69 Å². The summed E-state index contributed by atoms with van der Waals surface area (Å²) >= 11 is 5.85. The molecule has 2 rings (SSSR count). The van der Waals surface area contributed by atoms with Gasteiger partial charge in [-0.2, -0.15) is 0 Å². The van der Waals surface area contributed by atoms with E-state index in [0.717, 1.165) is 24.3 Å². The Bertz CT molecular complexity index is 652. The van der Waals surface area contributed by atoms with Crippen LogP contribution in [0.2, 0.25) is 5.02 Å². The molecular formula is C20H26ClN3O. The van der Waals surface area contributed by atoms with Gasteiger partial charge in [-0.3, -0.25) is 4.79 Å². The van der Waals surface area contributed by atoms with Crippen LogP contribution in [-0.4, -0.2) is 25.5 Å². The van der Waals surface area contributed by atoms with E-state index in [1.54, 1.807) is 0 Å². The van der Waals surface area contributed by atoms with Crippen LogP contribution in [0, 0.1) is 0 Å². The highest BCUT2D eigenvalue weighted by atomic mass is 35.5. The van der Waals surface area contributed by atoms with Gasteiger partial charge in [-0.05, 0) is 55.8 Å². The summed E-state index contributed by atoms with van der Waals surface area (Å²) in [7, 11) is 0. The molecule has 0 spiro atoms. The topological polar surface area (TPSA) is 44.4 Å². The van der Waals surface area contributed by atoms with Gasteiger partial charge in [0, 0.05) is 49.0 Å². The SMILES string of the molecule is CCN(CC)c1ccc(NCCC(=O)NCc2ccc(Cl)cc2)cc1. The van der Waals surface area contributed by atoms with Crippen LogP contribution in [0.25, 0.3) is 0 Å². The van der Waals surface area contributed by atoms with Crippen LogP contribution in [0.4, 0.5) is 11.4 Å². The van der Waals surface area contributed by atoms with Gasteiger partial charge in [0.15, 0.2) is 0 Å². The van der Waals surface area contributed by atoms with Crippen molar-refractivity contribution in [2.45, 2.75) is 26.8 Å². The van der Waals surface area contributed by atoms with Crippen LogP contribution >= 0.6 is 11.6 Å². The van der Waals surface area contributed by atoms with Crippen molar-refractivity contribution in [1.29, 1.82) is 0 Å². The highest BCUT2D eigenvalue weighted by Gasteiger charge is 2.03. The molecule has 0 heterocycles. The zero-order valence-corrected chi connectivity index (χ0v) is 15.6. The lowest BCUT2D eigenvalue weighted by Gasteiger charge is -2.21. The number of carbonyl (C=O) groups is 1. The van der Waals surface area contributed by atoms with Gasteiger partial charge >= 0.3 is 0 Å². The molecule has 0 aromatic heterocycles. The molecule has 0 saturated heterocycles. The van der Waals surface area contributed by atoms with E-state index >= 15 is 0 Å². The fourth-order valence-corrected chi connectivity index (χ4v) is 2.72. The second-order valence-corrected chi connectivity index (χ2v) is 6.24. The smallest absolute Gasteiger partial charge is 0.222 e. The average molecular weight is 360 g/mol. The van der Waals surface area contributed by atoms with E-state index in [1.807, 2.05) is 24.3 Å². The van der Waals surface area contributed by atoms with Gasteiger partial charge in [-0.1, -0.05) is 23.7 Å². The standard InChI is InChI=1S/C20H26ClN3O/c1-3-24(4-2)19-11-9-18(10-12-19)22-14-13-20(25)23-15-16-5-7-17(21)8-6-16/h5-12,22H,3-4,13-15H2,1-2H3,(H,23,25). The van der Waals surface area contributed by atoms with Crippen LogP contribution in [0.1, 0.15) is 25.8 Å². The fourth-order valence-electron chi connectivity index (χ4n) is 2.59. The molecule has 0 aliphatic rings. The summed E-state index contributed by atoms with van der Waals surface area (Å²) in [5, 5.41) is 6.90. The monoisotopic (exact) mass is 359 g/mol. The largest absolute Gasteiger partial charge is 0.385 e. The van der Waals surface area contributed by atoms with Gasteiger partial charge in [0.1, 0.15) is 0 Å². The highest BCUT2D eigenvalue weighted by Crippen LogP contribution is 2.17. The normalized spacial score (nSPS) is 10.4. The Morgan fingerprint density at radius 1 is 1.00 bits per heavy atom. The van der Waals surface area contributed by atoms with Crippen LogP contribution in [-0.2, 0) is 11.3 Å². The van der Waals surface area contributed by atoms with Crippen LogP contribution in [0.15, 0.2) is 48.5 Å². The number of halogens is 1. The maximum absolute atomic E-state index is 11.9. The van der Waals surface area contributed by atoms with Crippen molar-refractivity contribution in [3.05, 3.63) is 59.1 Å². The fraction of sp³-hybridized carbons (Fsp3) is 0.350. The van der Waals surface area contributed by atoms with Crippen LogP contribution in [0.3, 0.4) is 0 Å². The van der Waals surface area contributed by atoms with E-state index < -0.39 is 0 Å². The minimum Gasteiger partial charge on any atom is -0.385 e. The lowest BCUT2D eigenvalue weighted by Crippen LogP contribution is -2.24. The first kappa shape index (κ1) is 19.1. The molecule has 134 valence electrons. The van der Waals surface area contributed by atoms with Crippen LogP contribution < -0.4 is 15.5 Å². The van der Waals surface area contributed by atoms with Crippen molar-refractivity contribution in [2.24, 2.45) is 0 Å². The first-order valence-electron chi connectivity index (χ1n) is 8.72. The van der Waals surface area contributed by atoms with Crippen molar-refractivity contribution in [1.82, 2.24) is 5.32 Å². The number of hydrogen-bond acceptors (Lipinski definition) is 3. The van der Waals surface area contributed by atoms with Gasteiger partial charge in [0.25, 0.3) is 0 Å². The second-order valence-electron chi connectivity index (χ2n) is 5.80. The van der Waals surface area contributed by atoms with Gasteiger partial charge in [-0.15, -0.1) is 0 Å². The number of anilines is 2. The van der Waals surface area contributed by atoms with E-state index in [-0.39, 0.29) is 5.91 Å². The summed E-state index contributed by atoms with van der Waals surface area (Å²) in [6.45, 7) is 7.43. The van der Waals surface area contributed by atoms with Crippen molar-refractivity contribution in [3.63, 3.8) is 0 Å². The molecule has 0 radical (unpaired) electrons. The molecule has 0 saturated carbocycles. The summed E-state index contributed by atoms with van der Waals surface area (Å²) in [5.74, 6) is 0.0298. The predicted octanol–water partition coefficient (Wildman–Crippen LogP) is 4.30. The molecule has 0 bridgehead atoms. The first-order chi connectivity index (χ1) is 12.1. The molecule has 2 aromatic carbocycles. The van der Waals surface area contributed by atoms with E-state index in [0.29, 0.717) is 24.5 Å². The number of hydrogen-bond donors (Lipinski definition) is 2. The summed E-state index contributed by atoms with van der Waals surface area (Å²) in [6.07, 6.45) is 0.436. The maximum Gasteiger partial charge on any atom is 0.222 e. The lowest BCUT2D eigenvalue weighted by atomic mass is 10.2. The molecule has 4 nitrogen and oxygen atoms in total. The van der Waals surface area contributed by atoms with E-state index in [4.69, 9.17) is 11.6 Å². The molecule has 0 aliphatic heterocycles. The number of nitrogens with zero attached hydrogens (tertiary/aromatic N) is 1. The zero-order chi connectivity index (χ0) is 18.1. The third kappa shape index (κ3) is 6.31. The molecule has 1 amide bonds. The number of amides is 1. The van der Waals surface area contributed by atoms with Crippen molar-refractivity contribution in [2.75, 3.05) is 29.9 Å². The van der Waals surface area contributed by atoms with Crippen molar-refractivity contribution >= 4 is 28.9 Å². The number of nitrogens with one attached hydrogen (secondary N) is 2. The Labute approximate surface area is 155 Å². The van der Waals surface area contributed by atoms with Crippen molar-refractivity contribution in [3.8, 4) is 0 Å². The summed E-state index contributed by atoms with van der Waals surface area (Å²) < 4.78 is 0. The minimum atomic E-state index is 0.0298. The van der Waals surface area contributed by atoms with Gasteiger partial charge in [0.05, 0.1) is 0 Å². The Morgan fingerprint density at radius 3 is 2.24 bits per heavy atom. The van der Waals surface area contributed by atoms with Crippen LogP contribution in [0.5, 0.6) is 0 Å². The van der Waals surface area contributed by atoms with Gasteiger partial charge < -0.3 is 15.5 Å². The molecule has 25 heavy (non-hydrogen) atoms. The summed E-state index contributed by atoms with van der Waals surface area (Å²) in [5.41, 5.74) is 3.29. The molecular weight excluding hydrogens is 334 g/mol. The minimum absolute atomic E-state index is 0.0298. The maximum atomic E-state index is 11.9. The van der Waals surface area contributed by atoms with Gasteiger partial charge in [0.2, 0.25) is 5.91 Å². The van der Waals surface area contributed by atoms with Gasteiger partial charge in [-0.25, -0.2) is 0 Å². The molecule has 2 N–H and O–H groups in total. The summed E-state index contributed by atoms with van der Waals surface area (Å²) in [4.78, 5) is 14.2. The van der Waals surface area contributed by atoms with Crippen molar-refractivity contribution < 1.29 is 4.79 Å². The highest BCUT2D eigenvalue weighted by molar-refractivity contribution is 6.30. The average Bonchev–Trinajstić information content (AvgIpc) is 2.63. The number of carbonyl (C=O) groups excluding carboxylic acids is 1. The molecule has 5 heteroatoms. The first-order valence-corrected chi connectivity index (χ1v) is 9.10. The quantitative estimate of drug-likeness (QED) is 0.701. The zero-order valence-electron chi connectivity index (χ0n) is 14.9. The third-order valence-corrected chi connectivity index (χ3v) is 4.33. The molecule has 2 aromatic rings. The molecule has 0 aliphatic carbocycles. The second kappa shape index (κ2) is 9.94. The Balaban J connectivity index is 1.71. The number of rotatable bonds is 9. The molecule has 0 fully saturated rings. The van der Waals surface area contributed by atoms with E-state index in [9.17, 15) is 4.79 Å².